The zero-order chi connectivity index (χ0) is 17.6. The molecule has 1 aliphatic rings. The molecule has 0 aromatic heterocycles. The lowest BCUT2D eigenvalue weighted by atomic mass is 9.96. The summed E-state index contributed by atoms with van der Waals surface area (Å²) >= 11 is 3.14. The molecule has 0 bridgehead atoms. The molecule has 2 rings (SSSR count). The maximum absolute atomic E-state index is 13.2. The van der Waals surface area contributed by atoms with Gasteiger partial charge in [-0.15, -0.1) is 0 Å². The number of amides is 2. The molecule has 0 N–H and O–H groups in total. The Balaban J connectivity index is 2.50. The fourth-order valence-electron chi connectivity index (χ4n) is 2.78. The summed E-state index contributed by atoms with van der Waals surface area (Å²) in [7, 11) is 0. The van der Waals surface area contributed by atoms with Crippen molar-refractivity contribution in [2.45, 2.75) is 32.5 Å². The molecule has 0 atom stereocenters. The van der Waals surface area contributed by atoms with E-state index in [-0.39, 0.29) is 24.7 Å². The zero-order valence-electron chi connectivity index (χ0n) is 12.9. The number of carbonyl (C=O) groups is 2. The van der Waals surface area contributed by atoms with Crippen molar-refractivity contribution in [1.82, 2.24) is 4.90 Å². The average Bonchev–Trinajstić information content (AvgIpc) is 2.39. The number of hydrogen-bond acceptors (Lipinski definition) is 2. The third-order valence-corrected chi connectivity index (χ3v) is 4.42. The number of alkyl halides is 3. The van der Waals surface area contributed by atoms with Crippen LogP contribution in [0.25, 0.3) is 0 Å². The minimum atomic E-state index is -4.57. The van der Waals surface area contributed by atoms with E-state index in [1.54, 1.807) is 0 Å². The number of anilines is 1. The predicted octanol–water partition coefficient (Wildman–Crippen LogP) is 3.44. The van der Waals surface area contributed by atoms with Gasteiger partial charge in [0.1, 0.15) is 5.54 Å². The van der Waals surface area contributed by atoms with E-state index in [1.165, 1.54) is 37.8 Å². The summed E-state index contributed by atoms with van der Waals surface area (Å²) in [4.78, 5) is 26.8. The second kappa shape index (κ2) is 5.81. The summed E-state index contributed by atoms with van der Waals surface area (Å²) in [5, 5.41) is 0. The van der Waals surface area contributed by atoms with Crippen molar-refractivity contribution in [1.29, 1.82) is 0 Å². The van der Waals surface area contributed by atoms with E-state index in [2.05, 4.69) is 15.9 Å². The first-order chi connectivity index (χ1) is 10.5. The number of hydrogen-bond donors (Lipinski definition) is 0. The zero-order valence-corrected chi connectivity index (χ0v) is 14.5. The molecule has 0 saturated carbocycles. The van der Waals surface area contributed by atoms with Gasteiger partial charge in [0.15, 0.2) is 0 Å². The normalized spacial score (nSPS) is 18.3. The van der Waals surface area contributed by atoms with E-state index in [1.807, 2.05) is 0 Å². The smallest absolute Gasteiger partial charge is 0.327 e. The van der Waals surface area contributed by atoms with Crippen LogP contribution in [0.4, 0.5) is 18.9 Å². The third kappa shape index (κ3) is 3.22. The summed E-state index contributed by atoms with van der Waals surface area (Å²) < 4.78 is 40.2. The molecule has 0 spiro atoms. The van der Waals surface area contributed by atoms with Crippen LogP contribution in [0, 0.1) is 0 Å². The van der Waals surface area contributed by atoms with Gasteiger partial charge >= 0.3 is 6.18 Å². The van der Waals surface area contributed by atoms with Crippen LogP contribution in [0.15, 0.2) is 22.7 Å². The third-order valence-electron chi connectivity index (χ3n) is 3.93. The van der Waals surface area contributed by atoms with Crippen molar-refractivity contribution in [3.63, 3.8) is 0 Å². The molecule has 126 valence electrons. The van der Waals surface area contributed by atoms with Crippen LogP contribution in [-0.4, -0.2) is 35.3 Å². The summed E-state index contributed by atoms with van der Waals surface area (Å²) in [6, 6.07) is 3.50. The summed E-state index contributed by atoms with van der Waals surface area (Å²) in [5.74, 6) is -0.823. The van der Waals surface area contributed by atoms with E-state index >= 15 is 0 Å². The van der Waals surface area contributed by atoms with Crippen LogP contribution in [0.3, 0.4) is 0 Å². The first kappa shape index (κ1) is 17.8. The molecule has 1 fully saturated rings. The van der Waals surface area contributed by atoms with Gasteiger partial charge in [-0.2, -0.15) is 13.2 Å². The van der Waals surface area contributed by atoms with E-state index in [9.17, 15) is 22.8 Å². The number of halogens is 4. The van der Waals surface area contributed by atoms with E-state index < -0.39 is 23.2 Å². The first-order valence-electron chi connectivity index (χ1n) is 6.93. The van der Waals surface area contributed by atoms with Gasteiger partial charge in [0, 0.05) is 24.5 Å². The predicted molar refractivity (Wildman–Crippen MR) is 83.0 cm³/mol. The lowest BCUT2D eigenvalue weighted by Gasteiger charge is -2.45. The molecule has 0 aliphatic carbocycles. The molecule has 0 radical (unpaired) electrons. The second-order valence-corrected chi connectivity index (χ2v) is 6.76. The highest BCUT2D eigenvalue weighted by Gasteiger charge is 2.45. The largest absolute Gasteiger partial charge is 0.418 e. The van der Waals surface area contributed by atoms with Crippen LogP contribution < -0.4 is 4.90 Å². The van der Waals surface area contributed by atoms with Gasteiger partial charge in [0.05, 0.1) is 11.3 Å². The number of piperazine rings is 1. The molecule has 23 heavy (non-hydrogen) atoms. The van der Waals surface area contributed by atoms with Gasteiger partial charge in [0.25, 0.3) is 5.91 Å². The molecular formula is C15H16BrF3N2O2. The van der Waals surface area contributed by atoms with E-state index in [4.69, 9.17) is 0 Å². The lowest BCUT2D eigenvalue weighted by molar-refractivity contribution is -0.146. The Kier molecular flexibility index (Phi) is 4.49. The van der Waals surface area contributed by atoms with Crippen molar-refractivity contribution >= 4 is 33.4 Å². The Labute approximate surface area is 140 Å². The quantitative estimate of drug-likeness (QED) is 0.734. The number of rotatable bonds is 1. The second-order valence-electron chi connectivity index (χ2n) is 5.85. The molecule has 8 heteroatoms. The molecule has 2 amide bonds. The fourth-order valence-corrected chi connectivity index (χ4v) is 3.12. The number of benzene rings is 1. The summed E-state index contributed by atoms with van der Waals surface area (Å²) in [6.07, 6.45) is -4.57. The molecule has 1 aromatic carbocycles. The molecule has 1 aromatic rings. The van der Waals surface area contributed by atoms with Crippen LogP contribution >= 0.6 is 15.9 Å². The lowest BCUT2D eigenvalue weighted by Crippen LogP contribution is -2.64. The van der Waals surface area contributed by atoms with Crippen molar-refractivity contribution in [3.8, 4) is 0 Å². The topological polar surface area (TPSA) is 40.6 Å². The monoisotopic (exact) mass is 392 g/mol. The fraction of sp³-hybridized carbons (Fsp3) is 0.467. The maximum Gasteiger partial charge on any atom is 0.418 e. The van der Waals surface area contributed by atoms with Gasteiger partial charge in [-0.3, -0.25) is 9.59 Å². The van der Waals surface area contributed by atoms with Gasteiger partial charge in [0.2, 0.25) is 5.91 Å². The van der Waals surface area contributed by atoms with Crippen molar-refractivity contribution in [2.75, 3.05) is 18.0 Å². The average molecular weight is 393 g/mol. The Hall–Kier alpha value is -1.57. The van der Waals surface area contributed by atoms with Gasteiger partial charge in [-0.1, -0.05) is 15.9 Å². The highest BCUT2D eigenvalue weighted by Crippen LogP contribution is 2.40. The van der Waals surface area contributed by atoms with Crippen LogP contribution in [0.2, 0.25) is 0 Å². The highest BCUT2D eigenvalue weighted by atomic mass is 79.9. The van der Waals surface area contributed by atoms with Crippen LogP contribution in [0.5, 0.6) is 0 Å². The molecule has 1 saturated heterocycles. The maximum atomic E-state index is 13.2. The van der Waals surface area contributed by atoms with Crippen LogP contribution in [0.1, 0.15) is 26.3 Å². The SMILES string of the molecule is CC(=O)N1CCN(c2cc(Br)ccc2C(F)(F)F)C(=O)C1(C)C. The molecule has 1 aliphatic heterocycles. The highest BCUT2D eigenvalue weighted by molar-refractivity contribution is 9.10. The van der Waals surface area contributed by atoms with E-state index in [0.29, 0.717) is 4.47 Å². The van der Waals surface area contributed by atoms with Gasteiger partial charge in [-0.25, -0.2) is 0 Å². The van der Waals surface area contributed by atoms with Crippen molar-refractivity contribution in [3.05, 3.63) is 28.2 Å². The van der Waals surface area contributed by atoms with Gasteiger partial charge in [-0.05, 0) is 32.0 Å². The molecule has 4 nitrogen and oxygen atoms in total. The minimum absolute atomic E-state index is 0.0153. The Bertz CT molecular complexity index is 659. The summed E-state index contributed by atoms with van der Waals surface area (Å²) in [5.41, 5.74) is -2.27. The Morgan fingerprint density at radius 2 is 1.87 bits per heavy atom. The van der Waals surface area contributed by atoms with Crippen molar-refractivity contribution < 1.29 is 22.8 Å². The van der Waals surface area contributed by atoms with Crippen LogP contribution in [-0.2, 0) is 15.8 Å². The molecule has 1 heterocycles. The molecule has 0 unspecified atom stereocenters. The number of nitrogens with zero attached hydrogens (tertiary/aromatic N) is 2. The standard InChI is InChI=1S/C15H16BrF3N2O2/c1-9(22)21-7-6-20(13(23)14(21,2)3)12-8-10(16)4-5-11(12)15(17,18)19/h4-5,8H,6-7H2,1-3H3. The Morgan fingerprint density at radius 3 is 2.39 bits per heavy atom. The van der Waals surface area contributed by atoms with E-state index in [0.717, 1.165) is 11.0 Å². The molecular weight excluding hydrogens is 377 g/mol. The summed E-state index contributed by atoms with van der Waals surface area (Å²) in [6.45, 7) is 4.60. The van der Waals surface area contributed by atoms with Crippen molar-refractivity contribution in [2.24, 2.45) is 0 Å². The Morgan fingerprint density at radius 1 is 1.26 bits per heavy atom. The van der Waals surface area contributed by atoms with Gasteiger partial charge < -0.3 is 9.80 Å². The first-order valence-corrected chi connectivity index (χ1v) is 7.72. The number of carbonyl (C=O) groups excluding carboxylic acids is 2. The minimum Gasteiger partial charge on any atom is -0.327 e.